The van der Waals surface area contributed by atoms with Gasteiger partial charge in [0, 0.05) is 6.61 Å². The third kappa shape index (κ3) is 3.43. The Hall–Kier alpha value is -1.10. The van der Waals surface area contributed by atoms with Crippen molar-refractivity contribution in [3.63, 3.8) is 0 Å². The maximum Gasteiger partial charge on any atom is 0.326 e. The molecule has 0 aliphatic carbocycles. The van der Waals surface area contributed by atoms with Crippen LogP contribution in [0.4, 0.5) is 0 Å². The molecule has 0 aromatic carbocycles. The van der Waals surface area contributed by atoms with E-state index in [4.69, 9.17) is 9.84 Å². The van der Waals surface area contributed by atoms with Crippen molar-refractivity contribution in [2.45, 2.75) is 45.8 Å². The van der Waals surface area contributed by atoms with Gasteiger partial charge in [0.15, 0.2) is 0 Å². The van der Waals surface area contributed by atoms with Crippen molar-refractivity contribution in [1.29, 1.82) is 0 Å². The summed E-state index contributed by atoms with van der Waals surface area (Å²) < 4.78 is 5.43. The summed E-state index contributed by atoms with van der Waals surface area (Å²) in [7, 11) is 0. The molecule has 98 valence electrons. The van der Waals surface area contributed by atoms with Gasteiger partial charge in [-0.25, -0.2) is 4.79 Å². The maximum atomic E-state index is 12.0. The van der Waals surface area contributed by atoms with Gasteiger partial charge in [0.05, 0.1) is 12.0 Å². The molecule has 17 heavy (non-hydrogen) atoms. The predicted molar refractivity (Wildman–Crippen MR) is 62.5 cm³/mol. The van der Waals surface area contributed by atoms with E-state index in [-0.39, 0.29) is 23.8 Å². The molecular formula is C12H21NO4. The van der Waals surface area contributed by atoms with E-state index in [1.165, 1.54) is 0 Å². The number of carbonyl (C=O) groups is 2. The molecule has 5 nitrogen and oxygen atoms in total. The zero-order chi connectivity index (χ0) is 13.0. The Morgan fingerprint density at radius 3 is 2.59 bits per heavy atom. The number of hydrogen-bond donors (Lipinski definition) is 2. The second-order valence-corrected chi connectivity index (χ2v) is 4.78. The van der Waals surface area contributed by atoms with E-state index < -0.39 is 12.0 Å². The lowest BCUT2D eigenvalue weighted by Gasteiger charge is -2.22. The van der Waals surface area contributed by atoms with Crippen LogP contribution in [-0.2, 0) is 14.3 Å². The summed E-state index contributed by atoms with van der Waals surface area (Å²) in [6, 6.07) is -0.819. The lowest BCUT2D eigenvalue weighted by molar-refractivity contribution is -0.144. The van der Waals surface area contributed by atoms with Gasteiger partial charge < -0.3 is 15.2 Å². The van der Waals surface area contributed by atoms with Crippen LogP contribution < -0.4 is 5.32 Å². The van der Waals surface area contributed by atoms with Crippen molar-refractivity contribution in [3.8, 4) is 0 Å². The minimum absolute atomic E-state index is 0.0726. The summed E-state index contributed by atoms with van der Waals surface area (Å²) in [5.74, 6) is -1.52. The normalized spacial score (nSPS) is 25.9. The quantitative estimate of drug-likeness (QED) is 0.756. The lowest BCUT2D eigenvalue weighted by atomic mass is 9.97. The Bertz CT molecular complexity index is 290. The fraction of sp³-hybridized carbons (Fsp3) is 0.833. The number of amides is 1. The Morgan fingerprint density at radius 2 is 2.12 bits per heavy atom. The number of nitrogens with one attached hydrogen (secondary N) is 1. The van der Waals surface area contributed by atoms with E-state index in [1.54, 1.807) is 13.8 Å². The molecule has 1 heterocycles. The third-order valence-corrected chi connectivity index (χ3v) is 3.18. The van der Waals surface area contributed by atoms with Crippen LogP contribution in [0.15, 0.2) is 0 Å². The van der Waals surface area contributed by atoms with E-state index in [1.807, 2.05) is 6.92 Å². The molecule has 3 unspecified atom stereocenters. The highest BCUT2D eigenvalue weighted by molar-refractivity contribution is 5.85. The van der Waals surface area contributed by atoms with Crippen molar-refractivity contribution in [3.05, 3.63) is 0 Å². The number of hydrogen-bond acceptors (Lipinski definition) is 3. The summed E-state index contributed by atoms with van der Waals surface area (Å²) >= 11 is 0. The van der Waals surface area contributed by atoms with Gasteiger partial charge in [-0.05, 0) is 18.8 Å². The van der Waals surface area contributed by atoms with Gasteiger partial charge in [0.25, 0.3) is 0 Å². The van der Waals surface area contributed by atoms with Crippen molar-refractivity contribution < 1.29 is 19.4 Å². The van der Waals surface area contributed by atoms with Crippen LogP contribution in [0, 0.1) is 11.8 Å². The maximum absolute atomic E-state index is 12.0. The molecule has 1 fully saturated rings. The Morgan fingerprint density at radius 1 is 1.47 bits per heavy atom. The van der Waals surface area contributed by atoms with Crippen LogP contribution in [0.3, 0.4) is 0 Å². The molecule has 0 aromatic heterocycles. The van der Waals surface area contributed by atoms with Gasteiger partial charge in [-0.2, -0.15) is 0 Å². The molecule has 0 bridgehead atoms. The van der Waals surface area contributed by atoms with Crippen LogP contribution in [0.1, 0.15) is 33.6 Å². The summed E-state index contributed by atoms with van der Waals surface area (Å²) in [6.45, 7) is 6.10. The average molecular weight is 243 g/mol. The molecule has 2 N–H and O–H groups in total. The molecule has 1 aliphatic heterocycles. The highest BCUT2D eigenvalue weighted by Gasteiger charge is 2.35. The standard InChI is InChI=1S/C12H21NO4/c1-4-9-8(5-6-17-9)11(14)13-10(7(2)3)12(15)16/h7-10H,4-6H2,1-3H3,(H,13,14)(H,15,16). The molecule has 0 saturated carbocycles. The molecule has 0 aromatic rings. The molecule has 1 saturated heterocycles. The van der Waals surface area contributed by atoms with Crippen LogP contribution in [0.25, 0.3) is 0 Å². The van der Waals surface area contributed by atoms with Crippen molar-refractivity contribution in [2.75, 3.05) is 6.61 Å². The van der Waals surface area contributed by atoms with Gasteiger partial charge in [-0.15, -0.1) is 0 Å². The highest BCUT2D eigenvalue weighted by Crippen LogP contribution is 2.23. The predicted octanol–water partition coefficient (Wildman–Crippen LogP) is 1.03. The minimum atomic E-state index is -0.986. The number of carboxylic acids is 1. The van der Waals surface area contributed by atoms with Crippen molar-refractivity contribution >= 4 is 11.9 Å². The van der Waals surface area contributed by atoms with Crippen molar-refractivity contribution in [2.24, 2.45) is 11.8 Å². The van der Waals surface area contributed by atoms with Gasteiger partial charge in [0.1, 0.15) is 6.04 Å². The van der Waals surface area contributed by atoms with E-state index in [9.17, 15) is 9.59 Å². The summed E-state index contributed by atoms with van der Waals surface area (Å²) in [4.78, 5) is 23.0. The first kappa shape index (κ1) is 14.0. The lowest BCUT2D eigenvalue weighted by Crippen LogP contribution is -2.47. The van der Waals surface area contributed by atoms with Crippen LogP contribution >= 0.6 is 0 Å². The summed E-state index contributed by atoms with van der Waals surface area (Å²) in [6.07, 6.45) is 1.38. The molecule has 0 radical (unpaired) electrons. The fourth-order valence-electron chi connectivity index (χ4n) is 2.12. The van der Waals surface area contributed by atoms with E-state index in [2.05, 4.69) is 5.32 Å². The Labute approximate surface area is 102 Å². The number of aliphatic carboxylic acids is 1. The first-order chi connectivity index (χ1) is 7.97. The van der Waals surface area contributed by atoms with Gasteiger partial charge >= 0.3 is 5.97 Å². The number of carbonyl (C=O) groups excluding carboxylic acids is 1. The average Bonchev–Trinajstić information content (AvgIpc) is 2.72. The smallest absolute Gasteiger partial charge is 0.326 e. The topological polar surface area (TPSA) is 75.6 Å². The Kier molecular flexibility index (Phi) is 4.93. The third-order valence-electron chi connectivity index (χ3n) is 3.18. The van der Waals surface area contributed by atoms with Gasteiger partial charge in [-0.3, -0.25) is 4.79 Å². The summed E-state index contributed by atoms with van der Waals surface area (Å²) in [5, 5.41) is 11.6. The molecule has 1 aliphatic rings. The number of ether oxygens (including phenoxy) is 1. The summed E-state index contributed by atoms with van der Waals surface area (Å²) in [5.41, 5.74) is 0. The highest BCUT2D eigenvalue weighted by atomic mass is 16.5. The molecular weight excluding hydrogens is 222 g/mol. The fourth-order valence-corrected chi connectivity index (χ4v) is 2.12. The monoisotopic (exact) mass is 243 g/mol. The molecule has 1 amide bonds. The van der Waals surface area contributed by atoms with E-state index in [0.29, 0.717) is 13.0 Å². The molecule has 5 heteroatoms. The Balaban J connectivity index is 2.61. The molecule has 3 atom stereocenters. The second-order valence-electron chi connectivity index (χ2n) is 4.78. The van der Waals surface area contributed by atoms with Gasteiger partial charge in [-0.1, -0.05) is 20.8 Å². The zero-order valence-electron chi connectivity index (χ0n) is 10.6. The molecule has 1 rings (SSSR count). The van der Waals surface area contributed by atoms with E-state index >= 15 is 0 Å². The SMILES string of the molecule is CCC1OCCC1C(=O)NC(C(=O)O)C(C)C. The second kappa shape index (κ2) is 6.00. The first-order valence-corrected chi connectivity index (χ1v) is 6.12. The largest absolute Gasteiger partial charge is 0.480 e. The van der Waals surface area contributed by atoms with E-state index in [0.717, 1.165) is 6.42 Å². The number of rotatable bonds is 5. The van der Waals surface area contributed by atoms with Gasteiger partial charge in [0.2, 0.25) is 5.91 Å². The number of carboxylic acid groups (broad SMARTS) is 1. The molecule has 0 spiro atoms. The zero-order valence-corrected chi connectivity index (χ0v) is 10.6. The van der Waals surface area contributed by atoms with Crippen LogP contribution in [0.5, 0.6) is 0 Å². The van der Waals surface area contributed by atoms with Crippen molar-refractivity contribution in [1.82, 2.24) is 5.32 Å². The first-order valence-electron chi connectivity index (χ1n) is 6.12. The minimum Gasteiger partial charge on any atom is -0.480 e. The van der Waals surface area contributed by atoms with Crippen LogP contribution in [-0.4, -0.2) is 35.7 Å². The van der Waals surface area contributed by atoms with Crippen LogP contribution in [0.2, 0.25) is 0 Å².